The van der Waals surface area contributed by atoms with Gasteiger partial charge in [-0.25, -0.2) is 4.68 Å². The number of rotatable bonds is 4. The fourth-order valence-electron chi connectivity index (χ4n) is 2.26. The highest BCUT2D eigenvalue weighted by molar-refractivity contribution is 9.10. The highest BCUT2D eigenvalue weighted by atomic mass is 79.9. The fourth-order valence-corrected chi connectivity index (χ4v) is 2.48. The zero-order valence-electron chi connectivity index (χ0n) is 12.2. The van der Waals surface area contributed by atoms with Crippen LogP contribution in [0.1, 0.15) is 47.6 Å². The van der Waals surface area contributed by atoms with Crippen molar-refractivity contribution in [3.05, 3.63) is 39.1 Å². The van der Waals surface area contributed by atoms with Gasteiger partial charge in [-0.3, -0.25) is 4.79 Å². The Labute approximate surface area is 127 Å². The Morgan fingerprint density at radius 3 is 2.35 bits per heavy atom. The van der Waals surface area contributed by atoms with E-state index in [2.05, 4.69) is 26.2 Å². The molecule has 2 aromatic rings. The number of aromatic nitrogens is 3. The van der Waals surface area contributed by atoms with Gasteiger partial charge >= 0.3 is 0 Å². The molecule has 4 nitrogen and oxygen atoms in total. The van der Waals surface area contributed by atoms with Gasteiger partial charge in [0.2, 0.25) is 0 Å². The van der Waals surface area contributed by atoms with E-state index >= 15 is 0 Å². The van der Waals surface area contributed by atoms with Gasteiger partial charge in [-0.1, -0.05) is 35.0 Å². The Kier molecular flexibility index (Phi) is 4.38. The van der Waals surface area contributed by atoms with Gasteiger partial charge in [-0.05, 0) is 43.5 Å². The monoisotopic (exact) mass is 335 g/mol. The summed E-state index contributed by atoms with van der Waals surface area (Å²) in [7, 11) is 0. The van der Waals surface area contributed by atoms with E-state index in [4.69, 9.17) is 0 Å². The van der Waals surface area contributed by atoms with Gasteiger partial charge in [0.05, 0.1) is 11.4 Å². The first-order valence-corrected chi connectivity index (χ1v) is 7.53. The van der Waals surface area contributed by atoms with Crippen molar-refractivity contribution in [2.24, 2.45) is 0 Å². The van der Waals surface area contributed by atoms with Crippen LogP contribution >= 0.6 is 15.9 Å². The van der Waals surface area contributed by atoms with Crippen molar-refractivity contribution in [1.29, 1.82) is 0 Å². The van der Waals surface area contributed by atoms with E-state index in [9.17, 15) is 4.79 Å². The number of hydrogen-bond donors (Lipinski definition) is 0. The maximum Gasteiger partial charge on any atom is 0.184 e. The molecule has 0 aliphatic carbocycles. The van der Waals surface area contributed by atoms with Gasteiger partial charge in [0.25, 0.3) is 0 Å². The fraction of sp³-hybridized carbons (Fsp3) is 0.400. The molecular formula is C15H18BrN3O. The van der Waals surface area contributed by atoms with Crippen LogP contribution in [0.15, 0.2) is 16.6 Å². The molecule has 1 aromatic carbocycles. The Hall–Kier alpha value is -1.49. The average Bonchev–Trinajstić information content (AvgIpc) is 2.87. The SMILES string of the molecule is CCC(=O)c1nnn(-c2cc(C)c(Br)c(C)c2)c1CC. The first-order chi connectivity index (χ1) is 9.49. The molecule has 0 N–H and O–H groups in total. The lowest BCUT2D eigenvalue weighted by atomic mass is 10.1. The van der Waals surface area contributed by atoms with Crippen molar-refractivity contribution in [2.45, 2.75) is 40.5 Å². The molecule has 0 saturated heterocycles. The van der Waals surface area contributed by atoms with Crippen LogP contribution in [0.5, 0.6) is 0 Å². The quantitative estimate of drug-likeness (QED) is 0.798. The highest BCUT2D eigenvalue weighted by Crippen LogP contribution is 2.25. The summed E-state index contributed by atoms with van der Waals surface area (Å²) in [6.07, 6.45) is 1.17. The number of carbonyl (C=O) groups is 1. The second kappa shape index (κ2) is 5.87. The van der Waals surface area contributed by atoms with E-state index in [0.29, 0.717) is 12.1 Å². The van der Waals surface area contributed by atoms with Gasteiger partial charge in [-0.15, -0.1) is 5.10 Å². The summed E-state index contributed by atoms with van der Waals surface area (Å²) in [6, 6.07) is 4.09. The van der Waals surface area contributed by atoms with E-state index in [-0.39, 0.29) is 5.78 Å². The lowest BCUT2D eigenvalue weighted by Crippen LogP contribution is -2.06. The van der Waals surface area contributed by atoms with Crippen LogP contribution in [0.4, 0.5) is 0 Å². The average molecular weight is 336 g/mol. The smallest absolute Gasteiger partial charge is 0.184 e. The van der Waals surface area contributed by atoms with Crippen molar-refractivity contribution < 1.29 is 4.79 Å². The lowest BCUT2D eigenvalue weighted by Gasteiger charge is -2.10. The number of aryl methyl sites for hydroxylation is 2. The van der Waals surface area contributed by atoms with Gasteiger partial charge in [0.1, 0.15) is 0 Å². The Morgan fingerprint density at radius 1 is 1.25 bits per heavy atom. The number of halogens is 1. The second-order valence-corrected chi connectivity index (χ2v) is 5.61. The third-order valence-electron chi connectivity index (χ3n) is 3.35. The predicted molar refractivity (Wildman–Crippen MR) is 82.5 cm³/mol. The molecule has 0 spiro atoms. The highest BCUT2D eigenvalue weighted by Gasteiger charge is 2.18. The summed E-state index contributed by atoms with van der Waals surface area (Å²) < 4.78 is 2.87. The summed E-state index contributed by atoms with van der Waals surface area (Å²) in [6.45, 7) is 7.94. The van der Waals surface area contributed by atoms with Crippen LogP contribution in [-0.2, 0) is 6.42 Å². The van der Waals surface area contributed by atoms with Crippen molar-refractivity contribution in [2.75, 3.05) is 0 Å². The normalized spacial score (nSPS) is 10.8. The van der Waals surface area contributed by atoms with Crippen LogP contribution in [0, 0.1) is 13.8 Å². The van der Waals surface area contributed by atoms with Gasteiger partial charge in [-0.2, -0.15) is 0 Å². The molecule has 2 rings (SSSR count). The first kappa shape index (κ1) is 14.9. The van der Waals surface area contributed by atoms with E-state index in [0.717, 1.165) is 33.4 Å². The molecule has 5 heteroatoms. The number of Topliss-reactive ketones (excluding diaryl/α,β-unsaturated/α-hetero) is 1. The first-order valence-electron chi connectivity index (χ1n) is 6.74. The molecule has 0 saturated carbocycles. The Bertz CT molecular complexity index is 638. The Morgan fingerprint density at radius 2 is 1.85 bits per heavy atom. The van der Waals surface area contributed by atoms with Gasteiger partial charge in [0, 0.05) is 10.9 Å². The van der Waals surface area contributed by atoms with E-state index in [1.54, 1.807) is 4.68 Å². The zero-order chi connectivity index (χ0) is 14.9. The third kappa shape index (κ3) is 2.54. The Balaban J connectivity index is 2.59. The third-order valence-corrected chi connectivity index (χ3v) is 4.60. The summed E-state index contributed by atoms with van der Waals surface area (Å²) in [5.74, 6) is 0.0404. The minimum atomic E-state index is 0.0404. The molecular weight excluding hydrogens is 318 g/mol. The lowest BCUT2D eigenvalue weighted by molar-refractivity contribution is 0.0982. The summed E-state index contributed by atoms with van der Waals surface area (Å²) in [5, 5.41) is 8.24. The van der Waals surface area contributed by atoms with Crippen LogP contribution in [0.2, 0.25) is 0 Å². The largest absolute Gasteiger partial charge is 0.292 e. The molecule has 0 radical (unpaired) electrons. The van der Waals surface area contributed by atoms with E-state index < -0.39 is 0 Å². The van der Waals surface area contributed by atoms with Crippen LogP contribution in [-0.4, -0.2) is 20.8 Å². The second-order valence-electron chi connectivity index (χ2n) is 4.82. The van der Waals surface area contributed by atoms with Crippen LogP contribution < -0.4 is 0 Å². The number of benzene rings is 1. The molecule has 0 amide bonds. The van der Waals surface area contributed by atoms with E-state index in [1.807, 2.05) is 39.8 Å². The molecule has 0 aliphatic heterocycles. The minimum absolute atomic E-state index is 0.0404. The molecule has 0 atom stereocenters. The zero-order valence-corrected chi connectivity index (χ0v) is 13.8. The van der Waals surface area contributed by atoms with Crippen molar-refractivity contribution in [3.63, 3.8) is 0 Å². The molecule has 0 bridgehead atoms. The maximum atomic E-state index is 11.9. The maximum absolute atomic E-state index is 11.9. The molecule has 106 valence electrons. The molecule has 0 fully saturated rings. The van der Waals surface area contributed by atoms with Crippen LogP contribution in [0.25, 0.3) is 5.69 Å². The van der Waals surface area contributed by atoms with Crippen molar-refractivity contribution >= 4 is 21.7 Å². The summed E-state index contributed by atoms with van der Waals surface area (Å²) in [4.78, 5) is 11.9. The minimum Gasteiger partial charge on any atom is -0.292 e. The topological polar surface area (TPSA) is 47.8 Å². The van der Waals surface area contributed by atoms with Gasteiger partial charge in [0.15, 0.2) is 11.5 Å². The standard InChI is InChI=1S/C15H18BrN3O/c1-5-12-15(13(20)6-2)17-18-19(12)11-7-9(3)14(16)10(4)8-11/h7-8H,5-6H2,1-4H3. The number of carbonyl (C=O) groups excluding carboxylic acids is 1. The summed E-state index contributed by atoms with van der Waals surface area (Å²) in [5.41, 5.74) is 4.59. The number of hydrogen-bond acceptors (Lipinski definition) is 3. The van der Waals surface area contributed by atoms with Crippen molar-refractivity contribution in [3.8, 4) is 5.69 Å². The van der Waals surface area contributed by atoms with E-state index in [1.165, 1.54) is 0 Å². The molecule has 1 aromatic heterocycles. The predicted octanol–water partition coefficient (Wildman–Crippen LogP) is 3.80. The number of nitrogens with zero attached hydrogens (tertiary/aromatic N) is 3. The van der Waals surface area contributed by atoms with Crippen LogP contribution in [0.3, 0.4) is 0 Å². The number of ketones is 1. The molecule has 1 heterocycles. The van der Waals surface area contributed by atoms with Gasteiger partial charge < -0.3 is 0 Å². The van der Waals surface area contributed by atoms with Crippen molar-refractivity contribution in [1.82, 2.24) is 15.0 Å². The molecule has 0 aliphatic rings. The molecule has 20 heavy (non-hydrogen) atoms. The summed E-state index contributed by atoms with van der Waals surface area (Å²) >= 11 is 3.56. The molecule has 0 unspecified atom stereocenters.